The Labute approximate surface area is 91.8 Å². The average Bonchev–Trinajstić information content (AvgIpc) is 2.73. The Balaban J connectivity index is 2.26. The lowest BCUT2D eigenvalue weighted by molar-refractivity contribution is 0.475. The van der Waals surface area contributed by atoms with E-state index in [2.05, 4.69) is 9.97 Å². The molecular weight excluding hydrogens is 202 g/mol. The summed E-state index contributed by atoms with van der Waals surface area (Å²) in [5, 5.41) is 9.36. The summed E-state index contributed by atoms with van der Waals surface area (Å²) in [4.78, 5) is 8.30. The van der Waals surface area contributed by atoms with E-state index in [0.29, 0.717) is 0 Å². The Morgan fingerprint density at radius 2 is 1.94 bits per heavy atom. The third-order valence-corrected chi connectivity index (χ3v) is 2.45. The van der Waals surface area contributed by atoms with E-state index in [9.17, 15) is 5.11 Å². The molecule has 0 aliphatic carbocycles. The monoisotopic (exact) mass is 211 g/mol. The normalized spacial score (nSPS) is 10.8. The molecule has 78 valence electrons. The summed E-state index contributed by atoms with van der Waals surface area (Å²) < 4.78 is 1.93. The second-order valence-electron chi connectivity index (χ2n) is 3.50. The molecule has 0 fully saturated rings. The molecule has 0 spiro atoms. The summed E-state index contributed by atoms with van der Waals surface area (Å²) in [6.45, 7) is 0. The van der Waals surface area contributed by atoms with E-state index in [4.69, 9.17) is 0 Å². The van der Waals surface area contributed by atoms with E-state index in [1.807, 2.05) is 16.5 Å². The van der Waals surface area contributed by atoms with E-state index in [1.54, 1.807) is 36.9 Å². The summed E-state index contributed by atoms with van der Waals surface area (Å²) in [7, 11) is 0. The maximum atomic E-state index is 9.36. The van der Waals surface area contributed by atoms with Gasteiger partial charge in [0.05, 0.1) is 11.7 Å². The van der Waals surface area contributed by atoms with E-state index in [0.717, 1.165) is 16.9 Å². The predicted octanol–water partition coefficient (Wildman–Crippen LogP) is 2.10. The van der Waals surface area contributed by atoms with Crippen LogP contribution in [0.5, 0.6) is 5.75 Å². The predicted molar refractivity (Wildman–Crippen MR) is 60.1 cm³/mol. The van der Waals surface area contributed by atoms with Gasteiger partial charge in [-0.25, -0.2) is 4.98 Å². The van der Waals surface area contributed by atoms with Crippen molar-refractivity contribution in [2.24, 2.45) is 0 Å². The first kappa shape index (κ1) is 8.91. The van der Waals surface area contributed by atoms with E-state index in [1.165, 1.54) is 0 Å². The summed E-state index contributed by atoms with van der Waals surface area (Å²) in [6, 6.07) is 7.13. The molecule has 0 unspecified atom stereocenters. The molecule has 4 nitrogen and oxygen atoms in total. The Morgan fingerprint density at radius 3 is 2.75 bits per heavy atom. The number of aromatic hydroxyl groups is 1. The number of imidazole rings is 1. The lowest BCUT2D eigenvalue weighted by Crippen LogP contribution is -1.88. The van der Waals surface area contributed by atoms with Crippen LogP contribution in [0, 0.1) is 0 Å². The highest BCUT2D eigenvalue weighted by molar-refractivity contribution is 5.62. The maximum Gasteiger partial charge on any atom is 0.144 e. The van der Waals surface area contributed by atoms with Crippen molar-refractivity contribution in [2.45, 2.75) is 0 Å². The topological polar surface area (TPSA) is 50.4 Å². The van der Waals surface area contributed by atoms with Crippen LogP contribution in [0.2, 0.25) is 0 Å². The number of rotatable bonds is 1. The van der Waals surface area contributed by atoms with Gasteiger partial charge in [-0.3, -0.25) is 9.38 Å². The van der Waals surface area contributed by atoms with Crippen LogP contribution in [-0.4, -0.2) is 19.5 Å². The SMILES string of the molecule is Oc1ccn2c(-c3ccncc3)ncc2c1. The lowest BCUT2D eigenvalue weighted by atomic mass is 10.2. The van der Waals surface area contributed by atoms with E-state index in [-0.39, 0.29) is 5.75 Å². The van der Waals surface area contributed by atoms with Gasteiger partial charge in [-0.15, -0.1) is 0 Å². The van der Waals surface area contributed by atoms with Crippen molar-refractivity contribution in [1.29, 1.82) is 0 Å². The minimum atomic E-state index is 0.244. The zero-order chi connectivity index (χ0) is 11.0. The van der Waals surface area contributed by atoms with Crippen LogP contribution in [0.3, 0.4) is 0 Å². The van der Waals surface area contributed by atoms with Crippen LogP contribution in [0.25, 0.3) is 16.9 Å². The minimum Gasteiger partial charge on any atom is -0.508 e. The van der Waals surface area contributed by atoms with Gasteiger partial charge in [0.25, 0.3) is 0 Å². The molecule has 4 heteroatoms. The van der Waals surface area contributed by atoms with Crippen molar-refractivity contribution in [2.75, 3.05) is 0 Å². The third-order valence-electron chi connectivity index (χ3n) is 2.45. The van der Waals surface area contributed by atoms with Gasteiger partial charge in [-0.1, -0.05) is 0 Å². The van der Waals surface area contributed by atoms with E-state index < -0.39 is 0 Å². The molecular formula is C12H9N3O. The molecule has 0 atom stereocenters. The molecule has 0 amide bonds. The van der Waals surface area contributed by atoms with Gasteiger partial charge >= 0.3 is 0 Å². The van der Waals surface area contributed by atoms with Crippen LogP contribution < -0.4 is 0 Å². The van der Waals surface area contributed by atoms with Crippen molar-refractivity contribution in [1.82, 2.24) is 14.4 Å². The molecule has 3 rings (SSSR count). The average molecular weight is 211 g/mol. The van der Waals surface area contributed by atoms with Crippen molar-refractivity contribution in [3.05, 3.63) is 49.1 Å². The van der Waals surface area contributed by atoms with Gasteiger partial charge in [0.2, 0.25) is 0 Å². The fraction of sp³-hybridized carbons (Fsp3) is 0. The number of hydrogen-bond acceptors (Lipinski definition) is 3. The highest BCUT2D eigenvalue weighted by Crippen LogP contribution is 2.21. The second-order valence-corrected chi connectivity index (χ2v) is 3.50. The molecule has 0 saturated carbocycles. The molecule has 0 aliphatic rings. The first-order valence-electron chi connectivity index (χ1n) is 4.91. The molecule has 3 heterocycles. The van der Waals surface area contributed by atoms with Gasteiger partial charge in [-0.05, 0) is 18.2 Å². The highest BCUT2D eigenvalue weighted by atomic mass is 16.3. The summed E-state index contributed by atoms with van der Waals surface area (Å²) in [5.74, 6) is 1.09. The molecule has 1 N–H and O–H groups in total. The minimum absolute atomic E-state index is 0.244. The molecule has 0 aliphatic heterocycles. The fourth-order valence-corrected chi connectivity index (χ4v) is 1.70. The van der Waals surface area contributed by atoms with Crippen molar-refractivity contribution < 1.29 is 5.11 Å². The first-order valence-corrected chi connectivity index (χ1v) is 4.91. The van der Waals surface area contributed by atoms with Crippen LogP contribution >= 0.6 is 0 Å². The van der Waals surface area contributed by atoms with Gasteiger partial charge in [-0.2, -0.15) is 0 Å². The van der Waals surface area contributed by atoms with Gasteiger partial charge < -0.3 is 5.11 Å². The first-order chi connectivity index (χ1) is 7.84. The van der Waals surface area contributed by atoms with Crippen LogP contribution in [-0.2, 0) is 0 Å². The molecule has 0 saturated heterocycles. The molecule has 0 radical (unpaired) electrons. The lowest BCUT2D eigenvalue weighted by Gasteiger charge is -2.00. The molecule has 16 heavy (non-hydrogen) atoms. The van der Waals surface area contributed by atoms with Crippen LogP contribution in [0.1, 0.15) is 0 Å². The summed E-state index contributed by atoms with van der Waals surface area (Å²) in [5.41, 5.74) is 1.87. The van der Waals surface area contributed by atoms with Gasteiger partial charge in [0, 0.05) is 30.2 Å². The zero-order valence-corrected chi connectivity index (χ0v) is 8.41. The zero-order valence-electron chi connectivity index (χ0n) is 8.41. The Hall–Kier alpha value is -2.36. The molecule has 3 aromatic rings. The van der Waals surface area contributed by atoms with Crippen molar-refractivity contribution in [3.63, 3.8) is 0 Å². The molecule has 0 bridgehead atoms. The number of hydrogen-bond donors (Lipinski definition) is 1. The quantitative estimate of drug-likeness (QED) is 0.670. The second kappa shape index (κ2) is 3.34. The van der Waals surface area contributed by atoms with Gasteiger partial charge in [0.1, 0.15) is 11.6 Å². The Kier molecular flexibility index (Phi) is 1.86. The Bertz CT molecular complexity index is 631. The summed E-state index contributed by atoms with van der Waals surface area (Å²) >= 11 is 0. The standard InChI is InChI=1S/C12H9N3O/c16-11-3-6-15-10(7-11)8-14-12(15)9-1-4-13-5-2-9/h1-8,16H. The van der Waals surface area contributed by atoms with Crippen LogP contribution in [0.4, 0.5) is 0 Å². The molecule has 3 aromatic heterocycles. The fourth-order valence-electron chi connectivity index (χ4n) is 1.70. The van der Waals surface area contributed by atoms with Crippen molar-refractivity contribution >= 4 is 5.52 Å². The highest BCUT2D eigenvalue weighted by Gasteiger charge is 2.05. The largest absolute Gasteiger partial charge is 0.508 e. The van der Waals surface area contributed by atoms with Crippen LogP contribution in [0.15, 0.2) is 49.1 Å². The van der Waals surface area contributed by atoms with E-state index >= 15 is 0 Å². The number of pyridine rings is 2. The van der Waals surface area contributed by atoms with Gasteiger partial charge in [0.15, 0.2) is 0 Å². The molecule has 0 aromatic carbocycles. The number of fused-ring (bicyclic) bond motifs is 1. The van der Waals surface area contributed by atoms with Crippen molar-refractivity contribution in [3.8, 4) is 17.1 Å². The Morgan fingerprint density at radius 1 is 1.12 bits per heavy atom. The summed E-state index contributed by atoms with van der Waals surface area (Å²) in [6.07, 6.45) is 7.00. The number of nitrogens with zero attached hydrogens (tertiary/aromatic N) is 3. The smallest absolute Gasteiger partial charge is 0.144 e. The number of aromatic nitrogens is 3. The maximum absolute atomic E-state index is 9.36. The third kappa shape index (κ3) is 1.32.